The number of carbonyl (C=O) groups excluding carboxylic acids is 1. The Morgan fingerprint density at radius 3 is 2.65 bits per heavy atom. The molecular formula is C14H25N5O. The molecule has 1 aromatic rings. The molecule has 0 unspecified atom stereocenters. The van der Waals surface area contributed by atoms with E-state index < -0.39 is 0 Å². The molecule has 0 aromatic carbocycles. The number of hydrogen-bond acceptors (Lipinski definition) is 5. The van der Waals surface area contributed by atoms with Crippen LogP contribution < -0.4 is 16.0 Å². The highest BCUT2D eigenvalue weighted by Crippen LogP contribution is 2.22. The van der Waals surface area contributed by atoms with Crippen molar-refractivity contribution in [1.29, 1.82) is 0 Å². The van der Waals surface area contributed by atoms with Gasteiger partial charge in [0.25, 0.3) is 0 Å². The first-order valence-electron chi connectivity index (χ1n) is 7.13. The quantitative estimate of drug-likeness (QED) is 0.787. The summed E-state index contributed by atoms with van der Waals surface area (Å²) in [7, 11) is 0. The van der Waals surface area contributed by atoms with Crippen LogP contribution >= 0.6 is 0 Å². The standard InChI is InChI=1S/C14H25N5O/c1-5-7-11-13(15)16-9-17-14(11)19(6-2)8-12(20)18-10(3)4/h9-10H,5-8H2,1-4H3,(H,18,20)(H2,15,16,17). The first-order valence-corrected chi connectivity index (χ1v) is 7.13. The topological polar surface area (TPSA) is 84.1 Å². The van der Waals surface area contributed by atoms with E-state index in [1.807, 2.05) is 25.7 Å². The fourth-order valence-corrected chi connectivity index (χ4v) is 2.06. The summed E-state index contributed by atoms with van der Waals surface area (Å²) in [5.41, 5.74) is 6.86. The minimum absolute atomic E-state index is 0.0125. The van der Waals surface area contributed by atoms with Gasteiger partial charge in [0, 0.05) is 18.2 Å². The van der Waals surface area contributed by atoms with Crippen molar-refractivity contribution in [2.45, 2.75) is 46.6 Å². The average molecular weight is 279 g/mol. The van der Waals surface area contributed by atoms with Crippen LogP contribution in [0.3, 0.4) is 0 Å². The van der Waals surface area contributed by atoms with Crippen molar-refractivity contribution < 1.29 is 4.79 Å². The van der Waals surface area contributed by atoms with E-state index in [4.69, 9.17) is 5.73 Å². The second-order valence-electron chi connectivity index (χ2n) is 5.05. The van der Waals surface area contributed by atoms with Gasteiger partial charge in [0.2, 0.25) is 5.91 Å². The molecule has 0 bridgehead atoms. The fraction of sp³-hybridized carbons (Fsp3) is 0.643. The number of nitrogens with two attached hydrogens (primary N) is 1. The van der Waals surface area contributed by atoms with Crippen LogP contribution in [0.2, 0.25) is 0 Å². The number of aromatic nitrogens is 2. The van der Waals surface area contributed by atoms with E-state index in [2.05, 4.69) is 22.2 Å². The van der Waals surface area contributed by atoms with Crippen molar-refractivity contribution >= 4 is 17.5 Å². The molecule has 1 aromatic heterocycles. The minimum Gasteiger partial charge on any atom is -0.383 e. The highest BCUT2D eigenvalue weighted by Gasteiger charge is 2.17. The lowest BCUT2D eigenvalue weighted by Crippen LogP contribution is -2.40. The van der Waals surface area contributed by atoms with Crippen LogP contribution in [-0.2, 0) is 11.2 Å². The van der Waals surface area contributed by atoms with Crippen LogP contribution in [0.5, 0.6) is 0 Å². The van der Waals surface area contributed by atoms with Gasteiger partial charge in [0.1, 0.15) is 18.0 Å². The number of anilines is 2. The molecule has 0 fully saturated rings. The minimum atomic E-state index is -0.0125. The molecule has 0 spiro atoms. The summed E-state index contributed by atoms with van der Waals surface area (Å²) in [6.45, 7) is 8.94. The molecule has 0 saturated carbocycles. The molecule has 112 valence electrons. The van der Waals surface area contributed by atoms with Crippen LogP contribution in [-0.4, -0.2) is 35.0 Å². The molecule has 1 heterocycles. The number of nitrogens with zero attached hydrogens (tertiary/aromatic N) is 3. The first-order chi connectivity index (χ1) is 9.49. The highest BCUT2D eigenvalue weighted by atomic mass is 16.2. The molecule has 0 saturated heterocycles. The van der Waals surface area contributed by atoms with E-state index in [-0.39, 0.29) is 18.5 Å². The number of nitrogens with one attached hydrogen (secondary N) is 1. The summed E-state index contributed by atoms with van der Waals surface area (Å²) >= 11 is 0. The zero-order valence-corrected chi connectivity index (χ0v) is 12.8. The molecule has 0 radical (unpaired) electrons. The highest BCUT2D eigenvalue weighted by molar-refractivity contribution is 5.81. The first kappa shape index (κ1) is 16.2. The second-order valence-corrected chi connectivity index (χ2v) is 5.05. The Morgan fingerprint density at radius 1 is 1.40 bits per heavy atom. The third kappa shape index (κ3) is 4.36. The third-order valence-electron chi connectivity index (χ3n) is 2.92. The van der Waals surface area contributed by atoms with Crippen molar-refractivity contribution in [2.75, 3.05) is 23.7 Å². The molecular weight excluding hydrogens is 254 g/mol. The molecule has 6 nitrogen and oxygen atoms in total. The Kier molecular flexibility index (Phi) is 6.21. The Balaban J connectivity index is 2.94. The van der Waals surface area contributed by atoms with Crippen molar-refractivity contribution in [3.63, 3.8) is 0 Å². The van der Waals surface area contributed by atoms with E-state index in [1.165, 1.54) is 6.33 Å². The lowest BCUT2D eigenvalue weighted by Gasteiger charge is -2.24. The predicted molar refractivity (Wildman–Crippen MR) is 81.6 cm³/mol. The lowest BCUT2D eigenvalue weighted by atomic mass is 10.1. The molecule has 0 atom stereocenters. The van der Waals surface area contributed by atoms with Gasteiger partial charge in [-0.1, -0.05) is 13.3 Å². The van der Waals surface area contributed by atoms with Gasteiger partial charge in [-0.2, -0.15) is 0 Å². The summed E-state index contributed by atoms with van der Waals surface area (Å²) in [6.07, 6.45) is 3.22. The van der Waals surface area contributed by atoms with Crippen LogP contribution in [0.1, 0.15) is 39.7 Å². The van der Waals surface area contributed by atoms with Gasteiger partial charge in [0.05, 0.1) is 6.54 Å². The van der Waals surface area contributed by atoms with Gasteiger partial charge in [-0.25, -0.2) is 9.97 Å². The smallest absolute Gasteiger partial charge is 0.239 e. The Hall–Kier alpha value is -1.85. The van der Waals surface area contributed by atoms with E-state index in [0.29, 0.717) is 12.4 Å². The molecule has 0 aliphatic rings. The molecule has 0 aliphatic carbocycles. The van der Waals surface area contributed by atoms with E-state index in [1.54, 1.807) is 0 Å². The maximum atomic E-state index is 11.9. The van der Waals surface area contributed by atoms with Crippen LogP contribution in [0, 0.1) is 0 Å². The molecule has 3 N–H and O–H groups in total. The zero-order valence-electron chi connectivity index (χ0n) is 12.8. The normalized spacial score (nSPS) is 10.7. The summed E-state index contributed by atoms with van der Waals surface area (Å²) < 4.78 is 0. The molecule has 0 aliphatic heterocycles. The zero-order chi connectivity index (χ0) is 15.1. The number of amides is 1. The summed E-state index contributed by atoms with van der Waals surface area (Å²) in [5.74, 6) is 1.25. The number of hydrogen-bond donors (Lipinski definition) is 2. The van der Waals surface area contributed by atoms with E-state index >= 15 is 0 Å². The maximum Gasteiger partial charge on any atom is 0.239 e. The number of likely N-dealkylation sites (N-methyl/N-ethyl adjacent to an activating group) is 1. The van der Waals surface area contributed by atoms with Crippen molar-refractivity contribution in [3.05, 3.63) is 11.9 Å². The van der Waals surface area contributed by atoms with Crippen molar-refractivity contribution in [2.24, 2.45) is 0 Å². The van der Waals surface area contributed by atoms with Gasteiger partial charge in [-0.3, -0.25) is 4.79 Å². The summed E-state index contributed by atoms with van der Waals surface area (Å²) in [4.78, 5) is 22.2. The van der Waals surface area contributed by atoms with Gasteiger partial charge in [-0.15, -0.1) is 0 Å². The molecule has 1 amide bonds. The van der Waals surface area contributed by atoms with Crippen molar-refractivity contribution in [1.82, 2.24) is 15.3 Å². The SMILES string of the molecule is CCCc1c(N)ncnc1N(CC)CC(=O)NC(C)C. The molecule has 1 rings (SSSR count). The fourth-order valence-electron chi connectivity index (χ4n) is 2.06. The average Bonchev–Trinajstić information content (AvgIpc) is 2.38. The number of rotatable bonds is 7. The van der Waals surface area contributed by atoms with Crippen LogP contribution in [0.25, 0.3) is 0 Å². The molecule has 20 heavy (non-hydrogen) atoms. The monoisotopic (exact) mass is 279 g/mol. The number of nitrogen functional groups attached to an aromatic ring is 1. The number of carbonyl (C=O) groups is 1. The van der Waals surface area contributed by atoms with Gasteiger partial charge in [-0.05, 0) is 27.2 Å². The molecule has 6 heteroatoms. The summed E-state index contributed by atoms with van der Waals surface area (Å²) in [5, 5.41) is 2.89. The van der Waals surface area contributed by atoms with E-state index in [0.717, 1.165) is 24.2 Å². The van der Waals surface area contributed by atoms with Gasteiger partial charge < -0.3 is 16.0 Å². The second kappa shape index (κ2) is 7.67. The van der Waals surface area contributed by atoms with Crippen LogP contribution in [0.15, 0.2) is 6.33 Å². The Morgan fingerprint density at radius 2 is 2.10 bits per heavy atom. The largest absolute Gasteiger partial charge is 0.383 e. The Labute approximate surface area is 120 Å². The van der Waals surface area contributed by atoms with E-state index in [9.17, 15) is 4.79 Å². The van der Waals surface area contributed by atoms with Crippen molar-refractivity contribution in [3.8, 4) is 0 Å². The van der Waals surface area contributed by atoms with Gasteiger partial charge in [0.15, 0.2) is 0 Å². The third-order valence-corrected chi connectivity index (χ3v) is 2.92. The maximum absolute atomic E-state index is 11.9. The van der Waals surface area contributed by atoms with Gasteiger partial charge >= 0.3 is 0 Å². The lowest BCUT2D eigenvalue weighted by molar-refractivity contribution is -0.120. The summed E-state index contributed by atoms with van der Waals surface area (Å²) in [6, 6.07) is 0.131. The van der Waals surface area contributed by atoms with Crippen LogP contribution in [0.4, 0.5) is 11.6 Å². The Bertz CT molecular complexity index is 447. The predicted octanol–water partition coefficient (Wildman–Crippen LogP) is 1.36.